The zero-order valence-corrected chi connectivity index (χ0v) is 13.9. The van der Waals surface area contributed by atoms with E-state index in [2.05, 4.69) is 29.0 Å². The topological polar surface area (TPSA) is 62.3 Å². The van der Waals surface area contributed by atoms with Crippen LogP contribution in [0.1, 0.15) is 38.1 Å². The van der Waals surface area contributed by atoms with Crippen LogP contribution in [0, 0.1) is 0 Å². The molecule has 0 radical (unpaired) electrons. The van der Waals surface area contributed by atoms with Crippen molar-refractivity contribution in [2.75, 3.05) is 29.5 Å². The average molecular weight is 317 g/mol. The minimum absolute atomic E-state index is 0.00616. The number of aromatic nitrogens is 1. The van der Waals surface area contributed by atoms with Crippen molar-refractivity contribution in [3.8, 4) is 0 Å². The summed E-state index contributed by atoms with van der Waals surface area (Å²) in [5, 5.41) is 4.38. The number of hydrogen-bond donors (Lipinski definition) is 1. The van der Waals surface area contributed by atoms with E-state index in [0.717, 1.165) is 18.1 Å². The second-order valence-electron chi connectivity index (χ2n) is 5.38. The third-order valence-electron chi connectivity index (χ3n) is 3.55. The van der Waals surface area contributed by atoms with Crippen molar-refractivity contribution < 1.29 is 8.42 Å². The van der Waals surface area contributed by atoms with Crippen molar-refractivity contribution in [1.82, 2.24) is 10.3 Å². The highest BCUT2D eigenvalue weighted by atomic mass is 32.2. The Morgan fingerprint density at radius 3 is 3.00 bits per heavy atom. The largest absolute Gasteiger partial charge is 0.343 e. The Labute approximate surface area is 125 Å². The second kappa shape index (κ2) is 6.41. The van der Waals surface area contributed by atoms with Gasteiger partial charge in [0.2, 0.25) is 0 Å². The lowest BCUT2D eigenvalue weighted by Crippen LogP contribution is -2.46. The van der Waals surface area contributed by atoms with Crippen LogP contribution in [0.4, 0.5) is 5.13 Å². The van der Waals surface area contributed by atoms with Crippen LogP contribution in [-0.2, 0) is 9.84 Å². The lowest BCUT2D eigenvalue weighted by molar-refractivity contribution is 0.568. The molecule has 0 saturated carbocycles. The first-order valence-electron chi connectivity index (χ1n) is 7.09. The fourth-order valence-electron chi connectivity index (χ4n) is 2.35. The minimum Gasteiger partial charge on any atom is -0.343 e. The summed E-state index contributed by atoms with van der Waals surface area (Å²) in [5.74, 6) is 0.460. The minimum atomic E-state index is -2.87. The Morgan fingerprint density at radius 2 is 2.35 bits per heavy atom. The fraction of sp³-hybridized carbons (Fsp3) is 0.769. The van der Waals surface area contributed by atoms with E-state index in [-0.39, 0.29) is 17.5 Å². The van der Waals surface area contributed by atoms with Crippen molar-refractivity contribution in [3.05, 3.63) is 11.1 Å². The van der Waals surface area contributed by atoms with Crippen LogP contribution in [0.2, 0.25) is 0 Å². The van der Waals surface area contributed by atoms with Gasteiger partial charge in [-0.15, -0.1) is 11.3 Å². The molecule has 0 aliphatic carbocycles. The van der Waals surface area contributed by atoms with Gasteiger partial charge in [0.05, 0.1) is 11.5 Å². The van der Waals surface area contributed by atoms with Gasteiger partial charge in [-0.25, -0.2) is 13.4 Å². The van der Waals surface area contributed by atoms with Gasteiger partial charge in [0, 0.05) is 29.7 Å². The van der Waals surface area contributed by atoms with E-state index in [1.54, 1.807) is 11.3 Å². The van der Waals surface area contributed by atoms with E-state index in [0.29, 0.717) is 12.6 Å². The third-order valence-corrected chi connectivity index (χ3v) is 6.57. The number of anilines is 1. The number of sulfone groups is 1. The monoisotopic (exact) mass is 317 g/mol. The highest BCUT2D eigenvalue weighted by Gasteiger charge is 2.29. The molecule has 0 bridgehead atoms. The van der Waals surface area contributed by atoms with E-state index in [1.165, 1.54) is 4.88 Å². The molecule has 20 heavy (non-hydrogen) atoms. The molecular formula is C13H23N3O2S2. The van der Waals surface area contributed by atoms with Gasteiger partial charge < -0.3 is 10.2 Å². The van der Waals surface area contributed by atoms with Gasteiger partial charge >= 0.3 is 0 Å². The summed E-state index contributed by atoms with van der Waals surface area (Å²) in [5.41, 5.74) is 0. The van der Waals surface area contributed by atoms with E-state index >= 15 is 0 Å². The van der Waals surface area contributed by atoms with E-state index in [1.807, 2.05) is 13.1 Å². The smallest absolute Gasteiger partial charge is 0.185 e. The molecule has 1 N–H and O–H groups in total. The van der Waals surface area contributed by atoms with E-state index < -0.39 is 9.84 Å². The average Bonchev–Trinajstić information content (AvgIpc) is 2.84. The molecule has 1 aromatic heterocycles. The van der Waals surface area contributed by atoms with Crippen molar-refractivity contribution in [3.63, 3.8) is 0 Å². The lowest BCUT2D eigenvalue weighted by atomic mass is 10.3. The summed E-state index contributed by atoms with van der Waals surface area (Å²) in [7, 11) is -2.87. The second-order valence-corrected chi connectivity index (χ2v) is 8.65. The van der Waals surface area contributed by atoms with Gasteiger partial charge in [-0.1, -0.05) is 6.92 Å². The van der Waals surface area contributed by atoms with Gasteiger partial charge in [-0.05, 0) is 26.8 Å². The first-order chi connectivity index (χ1) is 9.43. The molecule has 5 nitrogen and oxygen atoms in total. The van der Waals surface area contributed by atoms with Crippen LogP contribution in [0.25, 0.3) is 0 Å². The van der Waals surface area contributed by atoms with Gasteiger partial charge in [0.25, 0.3) is 0 Å². The molecule has 1 aliphatic rings. The van der Waals surface area contributed by atoms with Gasteiger partial charge in [-0.2, -0.15) is 0 Å². The first kappa shape index (κ1) is 15.7. The zero-order valence-electron chi connectivity index (χ0n) is 12.3. The summed E-state index contributed by atoms with van der Waals surface area (Å²) >= 11 is 1.66. The molecule has 0 aromatic carbocycles. The molecule has 2 rings (SSSR count). The molecule has 7 heteroatoms. The van der Waals surface area contributed by atoms with Crippen LogP contribution in [0.5, 0.6) is 0 Å². The van der Waals surface area contributed by atoms with E-state index in [9.17, 15) is 8.42 Å². The highest BCUT2D eigenvalue weighted by Crippen LogP contribution is 2.29. The molecule has 1 saturated heterocycles. The van der Waals surface area contributed by atoms with Crippen LogP contribution in [0.15, 0.2) is 6.20 Å². The number of nitrogens with one attached hydrogen (secondary N) is 1. The van der Waals surface area contributed by atoms with E-state index in [4.69, 9.17) is 0 Å². The SMILES string of the molecule is CCCNC(C)c1cnc(N2CCS(=O)(=O)CC2C)s1. The summed E-state index contributed by atoms with van der Waals surface area (Å²) < 4.78 is 23.2. The zero-order chi connectivity index (χ0) is 14.8. The highest BCUT2D eigenvalue weighted by molar-refractivity contribution is 7.91. The quantitative estimate of drug-likeness (QED) is 0.897. The predicted octanol–water partition coefficient (Wildman–Crippen LogP) is 1.83. The maximum Gasteiger partial charge on any atom is 0.185 e. The van der Waals surface area contributed by atoms with Crippen molar-refractivity contribution in [2.24, 2.45) is 0 Å². The predicted molar refractivity (Wildman–Crippen MR) is 84.3 cm³/mol. The number of thiazole rings is 1. The Morgan fingerprint density at radius 1 is 1.60 bits per heavy atom. The standard InChI is InChI=1S/C13H23N3O2S2/c1-4-5-14-11(3)12-8-15-13(19-12)16-6-7-20(17,18)9-10(16)2/h8,10-11,14H,4-7,9H2,1-3H3. The maximum absolute atomic E-state index is 11.6. The normalized spacial score (nSPS) is 23.8. The Kier molecular flexibility index (Phi) is 5.04. The van der Waals surface area contributed by atoms with Gasteiger partial charge in [-0.3, -0.25) is 0 Å². The van der Waals surface area contributed by atoms with Crippen LogP contribution in [-0.4, -0.2) is 44.0 Å². The Bertz CT molecular complexity index is 542. The number of rotatable bonds is 5. The van der Waals surface area contributed by atoms with Gasteiger partial charge in [0.1, 0.15) is 0 Å². The molecule has 114 valence electrons. The summed E-state index contributed by atoms with van der Waals surface area (Å²) in [6.45, 7) is 7.78. The molecule has 0 amide bonds. The lowest BCUT2D eigenvalue weighted by Gasteiger charge is -2.32. The number of hydrogen-bond acceptors (Lipinski definition) is 6. The fourth-order valence-corrected chi connectivity index (χ4v) is 4.98. The molecule has 1 aliphatic heterocycles. The van der Waals surface area contributed by atoms with Crippen LogP contribution in [0.3, 0.4) is 0 Å². The first-order valence-corrected chi connectivity index (χ1v) is 9.73. The third kappa shape index (κ3) is 3.71. The Hall–Kier alpha value is -0.660. The molecule has 0 spiro atoms. The molecule has 2 heterocycles. The number of nitrogens with zero attached hydrogens (tertiary/aromatic N) is 2. The molecule has 1 aromatic rings. The van der Waals surface area contributed by atoms with Gasteiger partial charge in [0.15, 0.2) is 15.0 Å². The van der Waals surface area contributed by atoms with Crippen molar-refractivity contribution in [1.29, 1.82) is 0 Å². The maximum atomic E-state index is 11.6. The molecule has 2 atom stereocenters. The summed E-state index contributed by atoms with van der Waals surface area (Å²) in [4.78, 5) is 7.79. The molecule has 1 fully saturated rings. The van der Waals surface area contributed by atoms with Crippen molar-refractivity contribution in [2.45, 2.75) is 39.3 Å². The Balaban J connectivity index is 2.05. The molecule has 2 unspecified atom stereocenters. The van der Waals surface area contributed by atoms with Crippen LogP contribution < -0.4 is 10.2 Å². The van der Waals surface area contributed by atoms with Crippen molar-refractivity contribution >= 4 is 26.3 Å². The van der Waals surface area contributed by atoms with Crippen LogP contribution >= 0.6 is 11.3 Å². The summed E-state index contributed by atoms with van der Waals surface area (Å²) in [6.07, 6.45) is 3.01. The molecular weight excluding hydrogens is 294 g/mol. The summed E-state index contributed by atoms with van der Waals surface area (Å²) in [6, 6.07) is 0.302.